The second-order valence-electron chi connectivity index (χ2n) is 8.08. The molecule has 1 aromatic heterocycles. The molecule has 7 nitrogen and oxygen atoms in total. The van der Waals surface area contributed by atoms with Crippen LogP contribution in [0.1, 0.15) is 31.4 Å². The SMILES string of the molecule is CCCCNC(=O)[C@@H](C#N)c1nc2ccccc2nc1N1CCN(c2cccc(Cl)c2)CC1. The van der Waals surface area contributed by atoms with Crippen LogP contribution in [0.2, 0.25) is 5.02 Å². The van der Waals surface area contributed by atoms with Gasteiger partial charge in [0.25, 0.3) is 0 Å². The second kappa shape index (κ2) is 10.5. The Balaban J connectivity index is 1.62. The van der Waals surface area contributed by atoms with Crippen LogP contribution < -0.4 is 15.1 Å². The molecule has 8 heteroatoms. The van der Waals surface area contributed by atoms with Crippen LogP contribution in [0.25, 0.3) is 11.0 Å². The molecule has 2 heterocycles. The molecule has 0 bridgehead atoms. The lowest BCUT2D eigenvalue weighted by atomic mass is 10.0. The van der Waals surface area contributed by atoms with Gasteiger partial charge in [-0.15, -0.1) is 0 Å². The van der Waals surface area contributed by atoms with Gasteiger partial charge in [0.15, 0.2) is 11.7 Å². The van der Waals surface area contributed by atoms with Crippen LogP contribution in [-0.2, 0) is 4.79 Å². The summed E-state index contributed by atoms with van der Waals surface area (Å²) in [5.74, 6) is -0.731. The molecule has 1 N–H and O–H groups in total. The molecule has 1 amide bonds. The van der Waals surface area contributed by atoms with E-state index in [9.17, 15) is 10.1 Å². The van der Waals surface area contributed by atoms with Gasteiger partial charge in [-0.2, -0.15) is 5.26 Å². The van der Waals surface area contributed by atoms with Crippen LogP contribution in [0, 0.1) is 11.3 Å². The number of rotatable bonds is 7. The number of piperazine rings is 1. The molecule has 1 fully saturated rings. The van der Waals surface area contributed by atoms with Gasteiger partial charge >= 0.3 is 0 Å². The Morgan fingerprint density at radius 2 is 1.79 bits per heavy atom. The van der Waals surface area contributed by atoms with E-state index in [1.54, 1.807) is 0 Å². The number of nitriles is 1. The minimum absolute atomic E-state index is 0.325. The highest BCUT2D eigenvalue weighted by atomic mass is 35.5. The zero-order chi connectivity index (χ0) is 23.2. The normalized spacial score (nSPS) is 14.7. The molecule has 1 aliphatic rings. The largest absolute Gasteiger partial charge is 0.368 e. The summed E-state index contributed by atoms with van der Waals surface area (Å²) in [6.07, 6.45) is 1.83. The highest BCUT2D eigenvalue weighted by Crippen LogP contribution is 2.29. The van der Waals surface area contributed by atoms with Crippen molar-refractivity contribution in [2.45, 2.75) is 25.7 Å². The number of hydrogen-bond donors (Lipinski definition) is 1. The van der Waals surface area contributed by atoms with E-state index in [2.05, 4.69) is 34.2 Å². The lowest BCUT2D eigenvalue weighted by molar-refractivity contribution is -0.121. The molecule has 0 saturated carbocycles. The van der Waals surface area contributed by atoms with Crippen LogP contribution >= 0.6 is 11.6 Å². The van der Waals surface area contributed by atoms with Crippen molar-refractivity contribution >= 4 is 40.0 Å². The topological polar surface area (TPSA) is 85.1 Å². The predicted molar refractivity (Wildman–Crippen MR) is 132 cm³/mol. The summed E-state index contributed by atoms with van der Waals surface area (Å²) in [7, 11) is 0. The van der Waals surface area contributed by atoms with E-state index in [4.69, 9.17) is 21.6 Å². The average molecular weight is 463 g/mol. The van der Waals surface area contributed by atoms with E-state index < -0.39 is 5.92 Å². The van der Waals surface area contributed by atoms with Gasteiger partial charge in [0.05, 0.1) is 17.1 Å². The van der Waals surface area contributed by atoms with E-state index in [-0.39, 0.29) is 5.91 Å². The minimum Gasteiger partial charge on any atom is -0.368 e. The zero-order valence-electron chi connectivity index (χ0n) is 18.7. The van der Waals surface area contributed by atoms with E-state index in [1.807, 2.05) is 42.5 Å². The van der Waals surface area contributed by atoms with Gasteiger partial charge in [0.2, 0.25) is 5.91 Å². The van der Waals surface area contributed by atoms with Crippen LogP contribution in [0.15, 0.2) is 48.5 Å². The van der Waals surface area contributed by atoms with E-state index in [1.165, 1.54) is 0 Å². The van der Waals surface area contributed by atoms with E-state index >= 15 is 0 Å². The van der Waals surface area contributed by atoms with Crippen LogP contribution in [0.3, 0.4) is 0 Å². The van der Waals surface area contributed by atoms with Crippen molar-refractivity contribution in [3.8, 4) is 6.07 Å². The monoisotopic (exact) mass is 462 g/mol. The average Bonchev–Trinajstić information content (AvgIpc) is 2.84. The molecule has 0 aliphatic carbocycles. The molecule has 0 spiro atoms. The molecule has 0 unspecified atom stereocenters. The summed E-state index contributed by atoms with van der Waals surface area (Å²) in [4.78, 5) is 26.8. The Morgan fingerprint density at radius 1 is 1.09 bits per heavy atom. The molecule has 1 saturated heterocycles. The number of carbonyl (C=O) groups is 1. The van der Waals surface area contributed by atoms with Gasteiger partial charge in [-0.25, -0.2) is 9.97 Å². The van der Waals surface area contributed by atoms with E-state index in [0.717, 1.165) is 37.1 Å². The van der Waals surface area contributed by atoms with Crippen molar-refractivity contribution in [3.05, 3.63) is 59.2 Å². The van der Waals surface area contributed by atoms with Crippen molar-refractivity contribution in [1.29, 1.82) is 5.26 Å². The summed E-state index contributed by atoms with van der Waals surface area (Å²) >= 11 is 6.17. The molecule has 0 radical (unpaired) electrons. The second-order valence-corrected chi connectivity index (χ2v) is 8.52. The first kappa shape index (κ1) is 22.8. The molecule has 3 aromatic rings. The molecular weight excluding hydrogens is 436 g/mol. The summed E-state index contributed by atoms with van der Waals surface area (Å²) in [6, 6.07) is 17.6. The third-order valence-corrected chi connectivity index (χ3v) is 6.06. The fraction of sp³-hybridized carbons (Fsp3) is 0.360. The summed E-state index contributed by atoms with van der Waals surface area (Å²) < 4.78 is 0. The summed E-state index contributed by atoms with van der Waals surface area (Å²) in [5.41, 5.74) is 2.92. The number of benzene rings is 2. The van der Waals surface area contributed by atoms with Gasteiger partial charge in [0, 0.05) is 43.4 Å². The number of para-hydroxylation sites is 2. The fourth-order valence-corrected chi connectivity index (χ4v) is 4.20. The molecular formula is C25H27ClN6O. The Labute approximate surface area is 199 Å². The first-order valence-electron chi connectivity index (χ1n) is 11.3. The van der Waals surface area contributed by atoms with Crippen LogP contribution in [0.5, 0.6) is 0 Å². The highest BCUT2D eigenvalue weighted by molar-refractivity contribution is 6.30. The van der Waals surface area contributed by atoms with Gasteiger partial charge < -0.3 is 15.1 Å². The third-order valence-electron chi connectivity index (χ3n) is 5.82. The number of aromatic nitrogens is 2. The third kappa shape index (κ3) is 5.18. The first-order valence-corrected chi connectivity index (χ1v) is 11.7. The van der Waals surface area contributed by atoms with Gasteiger partial charge in [-0.3, -0.25) is 4.79 Å². The van der Waals surface area contributed by atoms with Crippen LogP contribution in [0.4, 0.5) is 11.5 Å². The van der Waals surface area contributed by atoms with Gasteiger partial charge in [-0.1, -0.05) is 43.1 Å². The Morgan fingerprint density at radius 3 is 2.45 bits per heavy atom. The summed E-state index contributed by atoms with van der Waals surface area (Å²) in [5, 5.41) is 13.5. The van der Waals surface area contributed by atoms with Crippen molar-refractivity contribution in [3.63, 3.8) is 0 Å². The molecule has 2 aromatic carbocycles. The lowest BCUT2D eigenvalue weighted by Crippen LogP contribution is -2.47. The quantitative estimate of drug-likeness (QED) is 0.531. The zero-order valence-corrected chi connectivity index (χ0v) is 19.4. The number of nitrogens with zero attached hydrogens (tertiary/aromatic N) is 5. The number of anilines is 2. The van der Waals surface area contributed by atoms with Gasteiger partial charge in [0.1, 0.15) is 5.69 Å². The van der Waals surface area contributed by atoms with Crippen molar-refractivity contribution < 1.29 is 4.79 Å². The van der Waals surface area contributed by atoms with Crippen LogP contribution in [-0.4, -0.2) is 48.6 Å². The lowest BCUT2D eigenvalue weighted by Gasteiger charge is -2.37. The minimum atomic E-state index is -1.01. The number of fused-ring (bicyclic) bond motifs is 1. The maximum Gasteiger partial charge on any atom is 0.243 e. The fourth-order valence-electron chi connectivity index (χ4n) is 4.01. The van der Waals surface area contributed by atoms with Crippen molar-refractivity contribution in [2.24, 2.45) is 0 Å². The van der Waals surface area contributed by atoms with E-state index in [0.29, 0.717) is 41.7 Å². The van der Waals surface area contributed by atoms with Crippen molar-refractivity contribution in [2.75, 3.05) is 42.5 Å². The molecule has 4 rings (SSSR count). The number of hydrogen-bond acceptors (Lipinski definition) is 6. The number of unbranched alkanes of at least 4 members (excludes halogenated alkanes) is 1. The van der Waals surface area contributed by atoms with Gasteiger partial charge in [-0.05, 0) is 36.8 Å². The highest BCUT2D eigenvalue weighted by Gasteiger charge is 2.30. The number of amides is 1. The summed E-state index contributed by atoms with van der Waals surface area (Å²) in [6.45, 7) is 5.54. The molecule has 33 heavy (non-hydrogen) atoms. The molecule has 1 atom stereocenters. The molecule has 1 aliphatic heterocycles. The molecule has 170 valence electrons. The smallest absolute Gasteiger partial charge is 0.243 e. The predicted octanol–water partition coefficient (Wildman–Crippen LogP) is 4.13. The Kier molecular flexibility index (Phi) is 7.26. The number of carbonyl (C=O) groups excluding carboxylic acids is 1. The maximum absolute atomic E-state index is 12.8. The standard InChI is InChI=1S/C25H27ClN6O/c1-2-3-11-28-25(33)20(17-27)23-24(30-22-10-5-4-9-21(22)29-23)32-14-12-31(13-15-32)19-8-6-7-18(26)16-19/h4-10,16,20H,2-3,11-15H2,1H3,(H,28,33)/t20-/m0/s1. The Bertz CT molecular complexity index is 1170. The van der Waals surface area contributed by atoms with Crippen molar-refractivity contribution in [1.82, 2.24) is 15.3 Å². The maximum atomic E-state index is 12.8. The number of halogens is 1. The Hall–Kier alpha value is -3.37. The first-order chi connectivity index (χ1) is 16.1. The number of nitrogens with one attached hydrogen (secondary N) is 1.